The Morgan fingerprint density at radius 1 is 1.08 bits per heavy atom. The lowest BCUT2D eigenvalue weighted by Crippen LogP contribution is -2.21. The minimum absolute atomic E-state index is 0.320. The Labute approximate surface area is 144 Å². The summed E-state index contributed by atoms with van der Waals surface area (Å²) in [5.41, 5.74) is 0.821. The van der Waals surface area contributed by atoms with Crippen molar-refractivity contribution < 1.29 is 13.5 Å². The molecule has 3 aromatic rings. The lowest BCUT2D eigenvalue weighted by Gasteiger charge is -2.17. The summed E-state index contributed by atoms with van der Waals surface area (Å²) >= 11 is 0. The summed E-state index contributed by atoms with van der Waals surface area (Å²) in [6, 6.07) is 10.9. The van der Waals surface area contributed by atoms with Crippen LogP contribution in [-0.2, 0) is 5.41 Å². The number of ether oxygens (including phenoxy) is 1. The van der Waals surface area contributed by atoms with E-state index in [1.54, 1.807) is 22.7 Å². The summed E-state index contributed by atoms with van der Waals surface area (Å²) in [6.07, 6.45) is 3.48. The number of pyridine rings is 1. The number of rotatable bonds is 4. The second-order valence-corrected chi connectivity index (χ2v) is 8.10. The molecule has 0 spiro atoms. The molecule has 0 aliphatic rings. The van der Waals surface area contributed by atoms with Gasteiger partial charge in [0.2, 0.25) is 13.3 Å². The average molecular weight is 364 g/mol. The first-order valence-electron chi connectivity index (χ1n) is 7.36. The van der Waals surface area contributed by atoms with Crippen LogP contribution in [0.25, 0.3) is 16.6 Å². The number of imidazole rings is 1. The Hall–Kier alpha value is -1.51. The summed E-state index contributed by atoms with van der Waals surface area (Å²) in [6.45, 7) is 1.45. The number of benzene rings is 1. The van der Waals surface area contributed by atoms with Gasteiger partial charge >= 0.3 is 0 Å². The van der Waals surface area contributed by atoms with Crippen molar-refractivity contribution in [2.45, 2.75) is 17.8 Å². The molecule has 124 valence electrons. The Bertz CT molecular complexity index is 870. The van der Waals surface area contributed by atoms with E-state index >= 15 is 0 Å². The molecule has 1 aromatic carbocycles. The van der Waals surface area contributed by atoms with Crippen LogP contribution in [0.15, 0.2) is 48.8 Å². The van der Waals surface area contributed by atoms with Gasteiger partial charge in [0, 0.05) is 6.20 Å². The minimum Gasteiger partial charge on any atom is -0.464 e. The van der Waals surface area contributed by atoms with Gasteiger partial charge in [0.15, 0.2) is 11.2 Å². The minimum atomic E-state index is -1.81. The lowest BCUT2D eigenvalue weighted by molar-refractivity contribution is 0.110. The van der Waals surface area contributed by atoms with E-state index in [9.17, 15) is 8.78 Å². The zero-order chi connectivity index (χ0) is 17.5. The van der Waals surface area contributed by atoms with E-state index in [1.807, 2.05) is 39.7 Å². The summed E-state index contributed by atoms with van der Waals surface area (Å²) in [5.74, 6) is 0.755. The van der Waals surface area contributed by atoms with Crippen molar-refractivity contribution in [3.8, 4) is 16.9 Å². The van der Waals surface area contributed by atoms with Crippen molar-refractivity contribution in [2.24, 2.45) is 0 Å². The molecule has 3 nitrogen and oxygen atoms in total. The van der Waals surface area contributed by atoms with E-state index in [0.717, 1.165) is 16.6 Å². The van der Waals surface area contributed by atoms with Gasteiger partial charge in [-0.05, 0) is 36.2 Å². The van der Waals surface area contributed by atoms with Crippen LogP contribution < -0.4 is 4.74 Å². The summed E-state index contributed by atoms with van der Waals surface area (Å²) in [4.78, 5) is 4.16. The van der Waals surface area contributed by atoms with Gasteiger partial charge in [-0.15, -0.1) is 0 Å². The molecular formula is C16H17BF2N2OP2. The number of alkyl halides is 2. The summed E-state index contributed by atoms with van der Waals surface area (Å²) in [5, 5.41) is -1.62. The quantitative estimate of drug-likeness (QED) is 0.524. The van der Waals surface area contributed by atoms with E-state index in [2.05, 4.69) is 14.2 Å². The highest BCUT2D eigenvalue weighted by atomic mass is 31.0. The van der Waals surface area contributed by atoms with Crippen molar-refractivity contribution in [3.63, 3.8) is 0 Å². The third-order valence-corrected chi connectivity index (χ3v) is 3.85. The zero-order valence-corrected chi connectivity index (χ0v) is 15.6. The van der Waals surface area contributed by atoms with Gasteiger partial charge in [0.1, 0.15) is 5.75 Å². The molecule has 2 aromatic heterocycles. The summed E-state index contributed by atoms with van der Waals surface area (Å²) < 4.78 is 34.6. The van der Waals surface area contributed by atoms with E-state index in [1.165, 1.54) is 14.8 Å². The first-order chi connectivity index (χ1) is 11.1. The highest BCUT2D eigenvalue weighted by Crippen LogP contribution is 2.33. The van der Waals surface area contributed by atoms with Crippen LogP contribution in [0, 0.1) is 0 Å². The van der Waals surface area contributed by atoms with Gasteiger partial charge in [-0.25, -0.2) is 13.8 Å². The van der Waals surface area contributed by atoms with Crippen molar-refractivity contribution in [3.05, 3.63) is 54.6 Å². The largest absolute Gasteiger partial charge is 0.464 e. The molecule has 0 fully saturated rings. The summed E-state index contributed by atoms with van der Waals surface area (Å²) in [7, 11) is 5.47. The fourth-order valence-electron chi connectivity index (χ4n) is 2.47. The molecule has 0 aliphatic heterocycles. The van der Waals surface area contributed by atoms with E-state index in [-0.39, 0.29) is 0 Å². The molecule has 4 atom stereocenters. The van der Waals surface area contributed by atoms with Crippen LogP contribution in [0.2, 0.25) is 0 Å². The topological polar surface area (TPSA) is 26.5 Å². The molecule has 2 heterocycles. The normalized spacial score (nSPS) is 16.5. The predicted octanol–water partition coefficient (Wildman–Crippen LogP) is 3.49. The van der Waals surface area contributed by atoms with Crippen molar-refractivity contribution in [2.75, 3.05) is 0 Å². The second-order valence-electron chi connectivity index (χ2n) is 5.98. The van der Waals surface area contributed by atoms with E-state index in [4.69, 9.17) is 4.74 Å². The molecule has 0 bridgehead atoms. The second kappa shape index (κ2) is 6.09. The average Bonchev–Trinajstić information content (AvgIpc) is 2.89. The number of halogens is 2. The van der Waals surface area contributed by atoms with Crippen LogP contribution in [0.4, 0.5) is 8.78 Å². The molecular weight excluding hydrogens is 347 g/mol. The van der Waals surface area contributed by atoms with Crippen LogP contribution in [0.1, 0.15) is 12.7 Å². The molecule has 0 radical (unpaired) electrons. The molecule has 0 saturated carbocycles. The van der Waals surface area contributed by atoms with E-state index < -0.39 is 10.9 Å². The van der Waals surface area contributed by atoms with Gasteiger partial charge in [0.25, 0.3) is 0 Å². The van der Waals surface area contributed by atoms with Crippen molar-refractivity contribution >= 4 is 31.8 Å². The number of nitrogens with zero attached hydrogens (tertiary/aromatic N) is 2. The fourth-order valence-corrected chi connectivity index (χ4v) is 2.82. The molecule has 24 heavy (non-hydrogen) atoms. The number of hydrogen-bond acceptors (Lipinski definition) is 2. The number of hydrogen-bond donors (Lipinski definition) is 0. The third-order valence-electron chi connectivity index (χ3n) is 3.47. The Kier molecular flexibility index (Phi) is 4.40. The van der Waals surface area contributed by atoms with Gasteiger partial charge in [0.05, 0.1) is 11.7 Å². The fraction of sp³-hybridized carbons (Fsp3) is 0.188. The van der Waals surface area contributed by atoms with Crippen LogP contribution in [0.5, 0.6) is 5.75 Å². The SMILES string of the molecule is BC(F)(P)Oc1ccc(-c2ccc3cnc(C(C)(F)P)n3c2)cc1. The Morgan fingerprint density at radius 2 is 1.71 bits per heavy atom. The van der Waals surface area contributed by atoms with Crippen molar-refractivity contribution in [1.29, 1.82) is 0 Å². The highest BCUT2D eigenvalue weighted by molar-refractivity contribution is 7.21. The maximum absolute atomic E-state index is 14.3. The number of aromatic nitrogens is 2. The third kappa shape index (κ3) is 3.76. The first-order valence-corrected chi connectivity index (χ1v) is 8.51. The standard InChI is InChI=1S/C16H17BF2N2OP2/c1-15(18,23)14-20-8-12-5-2-11(9-21(12)14)10-3-6-13(7-4-10)22-16(17,19)24/h2-9H,17,23-24H2,1H3. The lowest BCUT2D eigenvalue weighted by atomic mass is 10.1. The molecule has 8 heteroatoms. The van der Waals surface area contributed by atoms with Gasteiger partial charge < -0.3 is 9.14 Å². The van der Waals surface area contributed by atoms with E-state index in [0.29, 0.717) is 11.6 Å². The molecule has 0 amide bonds. The molecule has 3 rings (SSSR count). The highest BCUT2D eigenvalue weighted by Gasteiger charge is 2.24. The Balaban J connectivity index is 1.97. The zero-order valence-electron chi connectivity index (χ0n) is 13.3. The van der Waals surface area contributed by atoms with Crippen LogP contribution in [-0.4, -0.2) is 22.7 Å². The smallest absolute Gasteiger partial charge is 0.215 e. The van der Waals surface area contributed by atoms with Crippen molar-refractivity contribution in [1.82, 2.24) is 9.38 Å². The van der Waals surface area contributed by atoms with Crippen LogP contribution in [0.3, 0.4) is 0 Å². The van der Waals surface area contributed by atoms with Gasteiger partial charge in [-0.3, -0.25) is 0 Å². The number of fused-ring (bicyclic) bond motifs is 1. The maximum atomic E-state index is 14.3. The monoisotopic (exact) mass is 364 g/mol. The molecule has 4 unspecified atom stereocenters. The molecule has 0 aliphatic carbocycles. The van der Waals surface area contributed by atoms with Gasteiger partial charge in [-0.2, -0.15) is 0 Å². The molecule has 0 N–H and O–H groups in total. The maximum Gasteiger partial charge on any atom is 0.215 e. The molecule has 0 saturated heterocycles. The predicted molar refractivity (Wildman–Crippen MR) is 102 cm³/mol. The van der Waals surface area contributed by atoms with Crippen LogP contribution >= 0.6 is 18.5 Å². The van der Waals surface area contributed by atoms with Gasteiger partial charge in [-0.1, -0.05) is 36.7 Å². The Morgan fingerprint density at radius 3 is 2.29 bits per heavy atom. The first kappa shape index (κ1) is 17.3.